The Morgan fingerprint density at radius 3 is 2.85 bits per heavy atom. The predicted molar refractivity (Wildman–Crippen MR) is 84.0 cm³/mol. The average molecular weight is 357 g/mol. The van der Waals surface area contributed by atoms with Gasteiger partial charge in [-0.2, -0.15) is 0 Å². The molecule has 0 radical (unpaired) electrons. The molecule has 20 heavy (non-hydrogen) atoms. The Labute approximate surface area is 130 Å². The quantitative estimate of drug-likeness (QED) is 0.870. The van der Waals surface area contributed by atoms with Gasteiger partial charge in [-0.25, -0.2) is 0 Å². The maximum Gasteiger partial charge on any atom is 0.257 e. The molecule has 108 valence electrons. The normalized spacial score (nSPS) is 11.1. The molecule has 0 aliphatic heterocycles. The lowest BCUT2D eigenvalue weighted by Crippen LogP contribution is -2.26. The van der Waals surface area contributed by atoms with E-state index in [2.05, 4.69) is 40.3 Å². The summed E-state index contributed by atoms with van der Waals surface area (Å²) in [5.41, 5.74) is 1.14. The van der Waals surface area contributed by atoms with Crippen molar-refractivity contribution in [1.82, 2.24) is 10.5 Å². The lowest BCUT2D eigenvalue weighted by atomic mass is 10.1. The zero-order valence-electron chi connectivity index (χ0n) is 11.7. The largest absolute Gasteiger partial charge is 0.360 e. The molecule has 2 heterocycles. The van der Waals surface area contributed by atoms with Crippen molar-refractivity contribution in [2.24, 2.45) is 5.92 Å². The second-order valence-electron chi connectivity index (χ2n) is 5.00. The molecular weight excluding hydrogens is 340 g/mol. The standard InChI is InChI=1S/C14H17BrN2O2S/c1-8(2)6-7-16-14(18)12-9(3)19-17-13(12)10-4-5-11(15)20-10/h4-5,8H,6-7H2,1-3H3,(H,16,18). The van der Waals surface area contributed by atoms with Crippen LogP contribution >= 0.6 is 27.3 Å². The van der Waals surface area contributed by atoms with Crippen molar-refractivity contribution in [2.75, 3.05) is 6.54 Å². The molecular formula is C14H17BrN2O2S. The van der Waals surface area contributed by atoms with Crippen LogP contribution in [0.15, 0.2) is 20.4 Å². The van der Waals surface area contributed by atoms with Gasteiger partial charge in [-0.1, -0.05) is 19.0 Å². The highest BCUT2D eigenvalue weighted by Gasteiger charge is 2.22. The maximum absolute atomic E-state index is 12.3. The van der Waals surface area contributed by atoms with Crippen molar-refractivity contribution in [1.29, 1.82) is 0 Å². The Morgan fingerprint density at radius 1 is 1.50 bits per heavy atom. The molecule has 0 fully saturated rings. The molecule has 0 aromatic carbocycles. The number of aromatic nitrogens is 1. The SMILES string of the molecule is Cc1onc(-c2ccc(Br)s2)c1C(=O)NCCC(C)C. The van der Waals surface area contributed by atoms with E-state index in [0.717, 1.165) is 15.1 Å². The summed E-state index contributed by atoms with van der Waals surface area (Å²) in [5.74, 6) is 0.988. The minimum Gasteiger partial charge on any atom is -0.360 e. The Morgan fingerprint density at radius 2 is 2.25 bits per heavy atom. The van der Waals surface area contributed by atoms with Gasteiger partial charge in [0.2, 0.25) is 0 Å². The van der Waals surface area contributed by atoms with Crippen molar-refractivity contribution >= 4 is 33.2 Å². The first-order chi connectivity index (χ1) is 9.49. The number of rotatable bonds is 5. The number of nitrogens with one attached hydrogen (secondary N) is 1. The highest BCUT2D eigenvalue weighted by atomic mass is 79.9. The minimum absolute atomic E-state index is 0.121. The average Bonchev–Trinajstić information content (AvgIpc) is 2.94. The van der Waals surface area contributed by atoms with E-state index in [0.29, 0.717) is 29.5 Å². The molecule has 0 aliphatic carbocycles. The molecule has 0 atom stereocenters. The van der Waals surface area contributed by atoms with Gasteiger partial charge in [0, 0.05) is 6.54 Å². The molecule has 2 rings (SSSR count). The molecule has 0 unspecified atom stereocenters. The van der Waals surface area contributed by atoms with E-state index in [9.17, 15) is 4.79 Å². The second-order valence-corrected chi connectivity index (χ2v) is 7.47. The van der Waals surface area contributed by atoms with Crippen LogP contribution in [-0.2, 0) is 0 Å². The van der Waals surface area contributed by atoms with Gasteiger partial charge >= 0.3 is 0 Å². The van der Waals surface area contributed by atoms with Crippen LogP contribution in [0.3, 0.4) is 0 Å². The number of nitrogens with zero attached hydrogens (tertiary/aromatic N) is 1. The van der Waals surface area contributed by atoms with Crippen LogP contribution in [0, 0.1) is 12.8 Å². The first-order valence-electron chi connectivity index (χ1n) is 6.49. The fraction of sp³-hybridized carbons (Fsp3) is 0.429. The summed E-state index contributed by atoms with van der Waals surface area (Å²) < 4.78 is 6.19. The number of aryl methyl sites for hydroxylation is 1. The maximum atomic E-state index is 12.3. The van der Waals surface area contributed by atoms with Crippen LogP contribution in [0.5, 0.6) is 0 Å². The fourth-order valence-electron chi connectivity index (χ4n) is 1.81. The first-order valence-corrected chi connectivity index (χ1v) is 8.10. The van der Waals surface area contributed by atoms with E-state index in [1.807, 2.05) is 12.1 Å². The second kappa shape index (κ2) is 6.54. The molecule has 1 amide bonds. The number of carbonyl (C=O) groups excluding carboxylic acids is 1. The highest BCUT2D eigenvalue weighted by molar-refractivity contribution is 9.11. The summed E-state index contributed by atoms with van der Waals surface area (Å²) in [6.45, 7) is 6.68. The Hall–Kier alpha value is -1.14. The number of hydrogen-bond acceptors (Lipinski definition) is 4. The van der Waals surface area contributed by atoms with Crippen molar-refractivity contribution in [3.63, 3.8) is 0 Å². The summed E-state index contributed by atoms with van der Waals surface area (Å²) in [6.07, 6.45) is 0.954. The Bertz CT molecular complexity index is 604. The van der Waals surface area contributed by atoms with Crippen LogP contribution in [0.25, 0.3) is 10.6 Å². The number of amides is 1. The summed E-state index contributed by atoms with van der Waals surface area (Å²) in [7, 11) is 0. The zero-order valence-corrected chi connectivity index (χ0v) is 14.1. The molecule has 0 spiro atoms. The van der Waals surface area contributed by atoms with E-state index < -0.39 is 0 Å². The van der Waals surface area contributed by atoms with Gasteiger partial charge in [0.25, 0.3) is 5.91 Å². The van der Waals surface area contributed by atoms with Crippen LogP contribution < -0.4 is 5.32 Å². The van der Waals surface area contributed by atoms with Gasteiger partial charge in [0.1, 0.15) is 17.0 Å². The van der Waals surface area contributed by atoms with E-state index in [4.69, 9.17) is 4.52 Å². The van der Waals surface area contributed by atoms with Crippen molar-refractivity contribution in [2.45, 2.75) is 27.2 Å². The fourth-order valence-corrected chi connectivity index (χ4v) is 3.19. The third-order valence-corrected chi connectivity index (χ3v) is 4.53. The van der Waals surface area contributed by atoms with Crippen LogP contribution in [0.1, 0.15) is 36.4 Å². The summed E-state index contributed by atoms with van der Waals surface area (Å²) >= 11 is 4.94. The molecule has 4 nitrogen and oxygen atoms in total. The molecule has 1 N–H and O–H groups in total. The topological polar surface area (TPSA) is 55.1 Å². The Kier molecular flexibility index (Phi) is 4.99. The first kappa shape index (κ1) is 15.3. The van der Waals surface area contributed by atoms with Crippen molar-refractivity contribution in [3.05, 3.63) is 27.2 Å². The number of thiophene rings is 1. The molecule has 6 heteroatoms. The van der Waals surface area contributed by atoms with Crippen LogP contribution in [0.2, 0.25) is 0 Å². The highest BCUT2D eigenvalue weighted by Crippen LogP contribution is 2.33. The third kappa shape index (κ3) is 3.49. The molecule has 2 aromatic heterocycles. The molecule has 0 bridgehead atoms. The smallest absolute Gasteiger partial charge is 0.257 e. The summed E-state index contributed by atoms with van der Waals surface area (Å²) in [6, 6.07) is 3.86. The monoisotopic (exact) mass is 356 g/mol. The predicted octanol–water partition coefficient (Wildman–Crippen LogP) is 4.25. The van der Waals surface area contributed by atoms with Gasteiger partial charge in [-0.05, 0) is 47.3 Å². The van der Waals surface area contributed by atoms with Gasteiger partial charge in [0.05, 0.1) is 8.66 Å². The van der Waals surface area contributed by atoms with Crippen molar-refractivity contribution < 1.29 is 9.32 Å². The van der Waals surface area contributed by atoms with Gasteiger partial charge < -0.3 is 9.84 Å². The number of halogens is 1. The van der Waals surface area contributed by atoms with Crippen LogP contribution in [-0.4, -0.2) is 17.6 Å². The van der Waals surface area contributed by atoms with E-state index in [1.54, 1.807) is 6.92 Å². The molecule has 0 saturated carbocycles. The van der Waals surface area contributed by atoms with Crippen LogP contribution in [0.4, 0.5) is 0 Å². The Balaban J connectivity index is 2.19. The van der Waals surface area contributed by atoms with E-state index >= 15 is 0 Å². The minimum atomic E-state index is -0.121. The molecule has 2 aromatic rings. The van der Waals surface area contributed by atoms with E-state index in [1.165, 1.54) is 11.3 Å². The third-order valence-electron chi connectivity index (χ3n) is 2.90. The lowest BCUT2D eigenvalue weighted by Gasteiger charge is -2.07. The number of hydrogen-bond donors (Lipinski definition) is 1. The van der Waals surface area contributed by atoms with Gasteiger partial charge in [-0.3, -0.25) is 4.79 Å². The molecule has 0 saturated heterocycles. The summed E-state index contributed by atoms with van der Waals surface area (Å²) in [4.78, 5) is 13.2. The van der Waals surface area contributed by atoms with Gasteiger partial charge in [0.15, 0.2) is 0 Å². The zero-order chi connectivity index (χ0) is 14.7. The van der Waals surface area contributed by atoms with Gasteiger partial charge in [-0.15, -0.1) is 11.3 Å². The van der Waals surface area contributed by atoms with Crippen molar-refractivity contribution in [3.8, 4) is 10.6 Å². The molecule has 0 aliphatic rings. The number of carbonyl (C=O) groups is 1. The summed E-state index contributed by atoms with van der Waals surface area (Å²) in [5, 5.41) is 6.95. The lowest BCUT2D eigenvalue weighted by molar-refractivity contribution is 0.0951. The van der Waals surface area contributed by atoms with E-state index in [-0.39, 0.29) is 5.91 Å².